The maximum absolute atomic E-state index is 12.5. The molecular formula is C23H24ClF3N2O3S. The lowest BCUT2D eigenvalue weighted by molar-refractivity contribution is -0.274. The minimum atomic E-state index is -4.76. The number of carbonyl (C=O) groups is 1. The van der Waals surface area contributed by atoms with Gasteiger partial charge >= 0.3 is 6.36 Å². The zero-order valence-corrected chi connectivity index (χ0v) is 19.3. The molecule has 1 heterocycles. The van der Waals surface area contributed by atoms with E-state index in [0.29, 0.717) is 16.5 Å². The fourth-order valence-electron chi connectivity index (χ4n) is 4.67. The number of hydrogen-bond donors (Lipinski definition) is 2. The molecule has 0 radical (unpaired) electrons. The fraction of sp³-hybridized carbons (Fsp3) is 0.435. The zero-order chi connectivity index (χ0) is 23.7. The third kappa shape index (κ3) is 5.70. The van der Waals surface area contributed by atoms with Crippen molar-refractivity contribution in [2.75, 3.05) is 13.1 Å². The number of nitrogens with one attached hydrogen (secondary N) is 1. The molecule has 1 atom stereocenters. The lowest BCUT2D eigenvalue weighted by Gasteiger charge is -2.36. The molecule has 33 heavy (non-hydrogen) atoms. The number of primary amides is 1. The molecule has 1 aliphatic heterocycles. The van der Waals surface area contributed by atoms with Crippen molar-refractivity contribution in [1.82, 2.24) is 5.32 Å². The second-order valence-electron chi connectivity index (χ2n) is 8.60. The molecule has 1 saturated carbocycles. The maximum Gasteiger partial charge on any atom is 0.573 e. The van der Waals surface area contributed by atoms with Gasteiger partial charge in [-0.1, -0.05) is 11.6 Å². The van der Waals surface area contributed by atoms with E-state index in [1.54, 1.807) is 12.1 Å². The van der Waals surface area contributed by atoms with Crippen molar-refractivity contribution in [1.29, 1.82) is 0 Å². The highest BCUT2D eigenvalue weighted by Gasteiger charge is 2.52. The van der Waals surface area contributed by atoms with Gasteiger partial charge in [0.25, 0.3) is 0 Å². The van der Waals surface area contributed by atoms with E-state index in [-0.39, 0.29) is 17.1 Å². The number of nitrogens with two attached hydrogens (primary N) is 1. The standard InChI is InChI=1S/C23H24ClF3N2O3S/c24-18-13-17(33-22(20(28)30)8-7-21(14-22)9-11-29-12-10-21)5-6-19(18)31-15-1-3-16(4-2-15)32-23(25,26)27/h1-6,13,29H,7-12,14H2,(H2,28,30). The van der Waals surface area contributed by atoms with Crippen LogP contribution in [0.3, 0.4) is 0 Å². The number of ether oxygens (including phenoxy) is 2. The number of alkyl halides is 3. The van der Waals surface area contributed by atoms with Gasteiger partial charge in [0.2, 0.25) is 5.91 Å². The van der Waals surface area contributed by atoms with Gasteiger partial charge in [-0.25, -0.2) is 0 Å². The summed E-state index contributed by atoms with van der Waals surface area (Å²) in [7, 11) is 0. The number of piperidine rings is 1. The summed E-state index contributed by atoms with van der Waals surface area (Å²) in [5, 5.41) is 3.70. The molecule has 2 aliphatic rings. The first-order valence-electron chi connectivity index (χ1n) is 10.6. The van der Waals surface area contributed by atoms with Crippen LogP contribution in [0.2, 0.25) is 5.02 Å². The van der Waals surface area contributed by atoms with Crippen LogP contribution >= 0.6 is 23.4 Å². The molecule has 1 unspecified atom stereocenters. The summed E-state index contributed by atoms with van der Waals surface area (Å²) in [6, 6.07) is 10.3. The van der Waals surface area contributed by atoms with Crippen molar-refractivity contribution in [3.63, 3.8) is 0 Å². The van der Waals surface area contributed by atoms with E-state index in [4.69, 9.17) is 22.1 Å². The Bertz CT molecular complexity index is 1010. The lowest BCUT2D eigenvalue weighted by atomic mass is 9.77. The average molecular weight is 501 g/mol. The van der Waals surface area contributed by atoms with Crippen LogP contribution < -0.4 is 20.5 Å². The monoisotopic (exact) mass is 500 g/mol. The van der Waals surface area contributed by atoms with Gasteiger partial charge in [-0.2, -0.15) is 0 Å². The van der Waals surface area contributed by atoms with Crippen molar-refractivity contribution < 1.29 is 27.4 Å². The van der Waals surface area contributed by atoms with Crippen LogP contribution in [-0.4, -0.2) is 30.1 Å². The van der Waals surface area contributed by atoms with Gasteiger partial charge < -0.3 is 20.5 Å². The van der Waals surface area contributed by atoms with Gasteiger partial charge in [-0.05, 0) is 93.1 Å². The first kappa shape index (κ1) is 24.0. The van der Waals surface area contributed by atoms with E-state index in [2.05, 4.69) is 10.1 Å². The molecular weight excluding hydrogens is 477 g/mol. The van der Waals surface area contributed by atoms with Crippen LogP contribution in [0.15, 0.2) is 47.4 Å². The first-order valence-corrected chi connectivity index (χ1v) is 11.8. The van der Waals surface area contributed by atoms with Crippen molar-refractivity contribution in [2.24, 2.45) is 11.1 Å². The van der Waals surface area contributed by atoms with Crippen molar-refractivity contribution >= 4 is 29.3 Å². The van der Waals surface area contributed by atoms with Crippen LogP contribution in [0.25, 0.3) is 0 Å². The number of amides is 1. The molecule has 0 aromatic heterocycles. The Hall–Kier alpha value is -2.10. The molecule has 3 N–H and O–H groups in total. The predicted octanol–water partition coefficient (Wildman–Crippen LogP) is 5.90. The fourth-order valence-corrected chi connectivity index (χ4v) is 6.40. The number of carbonyl (C=O) groups excluding carboxylic acids is 1. The molecule has 0 bridgehead atoms. The van der Waals surface area contributed by atoms with Gasteiger partial charge in [-0.15, -0.1) is 24.9 Å². The number of hydrogen-bond acceptors (Lipinski definition) is 5. The van der Waals surface area contributed by atoms with E-state index >= 15 is 0 Å². The van der Waals surface area contributed by atoms with Crippen LogP contribution in [0.1, 0.15) is 32.1 Å². The molecule has 10 heteroatoms. The van der Waals surface area contributed by atoms with Crippen LogP contribution in [0.4, 0.5) is 13.2 Å². The Labute approximate surface area is 199 Å². The summed E-state index contributed by atoms with van der Waals surface area (Å²) in [5.74, 6) is 0.0111. The highest BCUT2D eigenvalue weighted by Crippen LogP contribution is 2.56. The molecule has 2 aromatic rings. The second-order valence-corrected chi connectivity index (χ2v) is 10.5. The maximum atomic E-state index is 12.5. The number of rotatable bonds is 6. The van der Waals surface area contributed by atoms with Gasteiger partial charge in [0.15, 0.2) is 0 Å². The number of benzene rings is 2. The van der Waals surface area contributed by atoms with Crippen molar-refractivity contribution in [3.05, 3.63) is 47.5 Å². The molecule has 4 rings (SSSR count). The zero-order valence-electron chi connectivity index (χ0n) is 17.7. The summed E-state index contributed by atoms with van der Waals surface area (Å²) in [5.41, 5.74) is 6.03. The molecule has 178 valence electrons. The second kappa shape index (κ2) is 9.27. The lowest BCUT2D eigenvalue weighted by Crippen LogP contribution is -2.42. The summed E-state index contributed by atoms with van der Waals surface area (Å²) in [6.07, 6.45) is -0.202. The Kier molecular flexibility index (Phi) is 6.75. The Balaban J connectivity index is 1.45. The van der Waals surface area contributed by atoms with Crippen LogP contribution in [0, 0.1) is 5.41 Å². The van der Waals surface area contributed by atoms with Gasteiger partial charge in [0, 0.05) is 4.90 Å². The topological polar surface area (TPSA) is 73.6 Å². The molecule has 5 nitrogen and oxygen atoms in total. The summed E-state index contributed by atoms with van der Waals surface area (Å²) < 4.78 is 45.8. The van der Waals surface area contributed by atoms with E-state index in [0.717, 1.165) is 62.2 Å². The van der Waals surface area contributed by atoms with Gasteiger partial charge in [-0.3, -0.25) is 4.79 Å². The normalized spacial score (nSPS) is 22.3. The Morgan fingerprint density at radius 2 is 1.70 bits per heavy atom. The minimum Gasteiger partial charge on any atom is -0.456 e. The summed E-state index contributed by atoms with van der Waals surface area (Å²) >= 11 is 7.87. The Morgan fingerprint density at radius 3 is 2.30 bits per heavy atom. The highest BCUT2D eigenvalue weighted by molar-refractivity contribution is 8.01. The van der Waals surface area contributed by atoms with Crippen molar-refractivity contribution in [3.8, 4) is 17.2 Å². The average Bonchev–Trinajstić information content (AvgIpc) is 3.10. The summed E-state index contributed by atoms with van der Waals surface area (Å²) in [4.78, 5) is 13.3. The SMILES string of the molecule is NC(=O)C1(Sc2ccc(Oc3ccc(OC(F)(F)F)cc3)c(Cl)c2)CCC2(CCNCC2)C1. The molecule has 2 aromatic carbocycles. The molecule has 1 aliphatic carbocycles. The van der Waals surface area contributed by atoms with Gasteiger partial charge in [0.1, 0.15) is 17.2 Å². The van der Waals surface area contributed by atoms with E-state index in [1.165, 1.54) is 23.9 Å². The Morgan fingerprint density at radius 1 is 1.03 bits per heavy atom. The molecule has 1 saturated heterocycles. The van der Waals surface area contributed by atoms with E-state index in [1.807, 2.05) is 6.07 Å². The third-order valence-electron chi connectivity index (χ3n) is 6.33. The molecule has 2 fully saturated rings. The first-order chi connectivity index (χ1) is 15.6. The number of thioether (sulfide) groups is 1. The summed E-state index contributed by atoms with van der Waals surface area (Å²) in [6.45, 7) is 1.92. The largest absolute Gasteiger partial charge is 0.573 e. The third-order valence-corrected chi connectivity index (χ3v) is 8.06. The number of halogens is 4. The van der Waals surface area contributed by atoms with Crippen LogP contribution in [-0.2, 0) is 4.79 Å². The van der Waals surface area contributed by atoms with Crippen molar-refractivity contribution in [2.45, 2.75) is 48.1 Å². The molecule has 1 spiro atoms. The predicted molar refractivity (Wildman–Crippen MR) is 121 cm³/mol. The molecule has 1 amide bonds. The van der Waals surface area contributed by atoms with Crippen LogP contribution in [0.5, 0.6) is 17.2 Å². The quantitative estimate of drug-likeness (QED) is 0.516. The van der Waals surface area contributed by atoms with E-state index < -0.39 is 11.1 Å². The van der Waals surface area contributed by atoms with E-state index in [9.17, 15) is 18.0 Å². The smallest absolute Gasteiger partial charge is 0.456 e. The van der Waals surface area contributed by atoms with Gasteiger partial charge in [0.05, 0.1) is 9.77 Å². The highest BCUT2D eigenvalue weighted by atomic mass is 35.5. The minimum absolute atomic E-state index is 0.155.